The number of nitrogens with zero attached hydrogens (tertiary/aromatic N) is 2. The van der Waals surface area contributed by atoms with Gasteiger partial charge in [-0.15, -0.1) is 11.3 Å². The molecule has 0 spiro atoms. The standard InChI is InChI=1S/C13H14N4O3S/c1-2-14-10-5-3-4-9(12(10)17(19)20)13(18)16-8-11-15-6-7-21-11/h3-7,14H,2,8H2,1H3,(H,16,18). The molecule has 1 aromatic heterocycles. The molecule has 0 aliphatic heterocycles. The quantitative estimate of drug-likeness (QED) is 0.631. The third-order valence-corrected chi connectivity index (χ3v) is 3.49. The van der Waals surface area contributed by atoms with Crippen LogP contribution in [0, 0.1) is 10.1 Å². The van der Waals surface area contributed by atoms with Crippen LogP contribution in [0.2, 0.25) is 0 Å². The van der Waals surface area contributed by atoms with Crippen molar-refractivity contribution in [3.8, 4) is 0 Å². The fraction of sp³-hybridized carbons (Fsp3) is 0.231. The van der Waals surface area contributed by atoms with Crippen LogP contribution in [0.15, 0.2) is 29.8 Å². The first-order valence-electron chi connectivity index (χ1n) is 6.31. The summed E-state index contributed by atoms with van der Waals surface area (Å²) in [4.78, 5) is 26.9. The second kappa shape index (κ2) is 6.80. The highest BCUT2D eigenvalue weighted by atomic mass is 32.1. The summed E-state index contributed by atoms with van der Waals surface area (Å²) < 4.78 is 0. The summed E-state index contributed by atoms with van der Waals surface area (Å²) in [5.74, 6) is -0.489. The van der Waals surface area contributed by atoms with E-state index in [1.807, 2.05) is 6.92 Å². The van der Waals surface area contributed by atoms with Crippen LogP contribution in [0.4, 0.5) is 11.4 Å². The minimum Gasteiger partial charge on any atom is -0.380 e. The zero-order valence-electron chi connectivity index (χ0n) is 11.3. The number of nitro benzene ring substituents is 1. The average molecular weight is 306 g/mol. The molecule has 110 valence electrons. The van der Waals surface area contributed by atoms with E-state index in [1.54, 1.807) is 23.7 Å². The molecule has 0 saturated heterocycles. The summed E-state index contributed by atoms with van der Waals surface area (Å²) in [6, 6.07) is 4.64. The largest absolute Gasteiger partial charge is 0.380 e. The minimum atomic E-state index is -0.545. The molecule has 0 bridgehead atoms. The van der Waals surface area contributed by atoms with Crippen LogP contribution in [-0.4, -0.2) is 22.4 Å². The smallest absolute Gasteiger partial charge is 0.305 e. The third-order valence-electron chi connectivity index (χ3n) is 2.71. The lowest BCUT2D eigenvalue weighted by atomic mass is 10.1. The zero-order chi connectivity index (χ0) is 15.2. The van der Waals surface area contributed by atoms with Crippen LogP contribution in [0.1, 0.15) is 22.3 Å². The highest BCUT2D eigenvalue weighted by Gasteiger charge is 2.24. The summed E-state index contributed by atoms with van der Waals surface area (Å²) in [7, 11) is 0. The maximum atomic E-state index is 12.2. The van der Waals surface area contributed by atoms with E-state index < -0.39 is 10.8 Å². The molecule has 0 aliphatic carbocycles. The van der Waals surface area contributed by atoms with Gasteiger partial charge in [0.05, 0.1) is 11.5 Å². The number of hydrogen-bond acceptors (Lipinski definition) is 6. The topological polar surface area (TPSA) is 97.2 Å². The Kier molecular flexibility index (Phi) is 4.83. The normalized spacial score (nSPS) is 10.1. The summed E-state index contributed by atoms with van der Waals surface area (Å²) >= 11 is 1.41. The van der Waals surface area contributed by atoms with Gasteiger partial charge < -0.3 is 10.6 Å². The number of thiazole rings is 1. The lowest BCUT2D eigenvalue weighted by molar-refractivity contribution is -0.384. The van der Waals surface area contributed by atoms with Crippen molar-refractivity contribution in [3.63, 3.8) is 0 Å². The van der Waals surface area contributed by atoms with Crippen LogP contribution in [0.3, 0.4) is 0 Å². The van der Waals surface area contributed by atoms with E-state index in [2.05, 4.69) is 15.6 Å². The maximum Gasteiger partial charge on any atom is 0.305 e. The number of benzene rings is 1. The number of anilines is 1. The molecule has 0 atom stereocenters. The van der Waals surface area contributed by atoms with E-state index in [0.717, 1.165) is 5.01 Å². The first-order valence-corrected chi connectivity index (χ1v) is 7.19. The van der Waals surface area contributed by atoms with E-state index in [0.29, 0.717) is 12.2 Å². The van der Waals surface area contributed by atoms with Crippen LogP contribution in [-0.2, 0) is 6.54 Å². The molecule has 21 heavy (non-hydrogen) atoms. The molecular weight excluding hydrogens is 292 g/mol. The number of aromatic nitrogens is 1. The molecule has 0 saturated carbocycles. The average Bonchev–Trinajstić information content (AvgIpc) is 2.98. The SMILES string of the molecule is CCNc1cccc(C(=O)NCc2nccs2)c1[N+](=O)[O-]. The fourth-order valence-corrected chi connectivity index (χ4v) is 2.40. The number of carbonyl (C=O) groups excluding carboxylic acids is 1. The number of para-hydroxylation sites is 1. The third kappa shape index (κ3) is 3.54. The Labute approximate surface area is 125 Å². The Morgan fingerprint density at radius 1 is 1.48 bits per heavy atom. The number of nitro groups is 1. The first-order chi connectivity index (χ1) is 10.1. The van der Waals surface area contributed by atoms with Crippen molar-refractivity contribution in [1.29, 1.82) is 0 Å². The summed E-state index contributed by atoms with van der Waals surface area (Å²) in [5, 5.41) is 19.3. The fourth-order valence-electron chi connectivity index (χ4n) is 1.85. The molecule has 0 fully saturated rings. The molecule has 2 N–H and O–H groups in total. The number of hydrogen-bond donors (Lipinski definition) is 2. The number of rotatable bonds is 6. The summed E-state index contributed by atoms with van der Waals surface area (Å²) in [6.45, 7) is 2.61. The predicted molar refractivity (Wildman–Crippen MR) is 80.5 cm³/mol. The summed E-state index contributed by atoms with van der Waals surface area (Å²) in [6.07, 6.45) is 1.64. The van der Waals surface area contributed by atoms with E-state index in [-0.39, 0.29) is 17.8 Å². The van der Waals surface area contributed by atoms with Crippen molar-refractivity contribution in [2.24, 2.45) is 0 Å². The van der Waals surface area contributed by atoms with Crippen LogP contribution in [0.25, 0.3) is 0 Å². The molecule has 0 unspecified atom stereocenters. The van der Waals surface area contributed by atoms with E-state index >= 15 is 0 Å². The van der Waals surface area contributed by atoms with Gasteiger partial charge in [0.25, 0.3) is 5.91 Å². The minimum absolute atomic E-state index is 0.0370. The number of amides is 1. The maximum absolute atomic E-state index is 12.2. The second-order valence-electron chi connectivity index (χ2n) is 4.10. The Hall–Kier alpha value is -2.48. The molecule has 7 nitrogen and oxygen atoms in total. The van der Waals surface area contributed by atoms with Crippen LogP contribution >= 0.6 is 11.3 Å². The van der Waals surface area contributed by atoms with Crippen molar-refractivity contribution < 1.29 is 9.72 Å². The monoisotopic (exact) mass is 306 g/mol. The second-order valence-corrected chi connectivity index (χ2v) is 5.08. The molecular formula is C13H14N4O3S. The van der Waals surface area contributed by atoms with Gasteiger partial charge in [-0.05, 0) is 19.1 Å². The van der Waals surface area contributed by atoms with Crippen molar-refractivity contribution in [1.82, 2.24) is 10.3 Å². The zero-order valence-corrected chi connectivity index (χ0v) is 12.1. The Morgan fingerprint density at radius 3 is 2.90 bits per heavy atom. The van der Waals surface area contributed by atoms with E-state index in [9.17, 15) is 14.9 Å². The molecule has 0 aliphatic rings. The van der Waals surface area contributed by atoms with Gasteiger partial charge >= 0.3 is 5.69 Å². The molecule has 8 heteroatoms. The summed E-state index contributed by atoms with van der Waals surface area (Å²) in [5.41, 5.74) is 0.162. The van der Waals surface area contributed by atoms with Crippen molar-refractivity contribution in [3.05, 3.63) is 50.5 Å². The van der Waals surface area contributed by atoms with Crippen molar-refractivity contribution >= 4 is 28.6 Å². The number of carbonyl (C=O) groups is 1. The van der Waals surface area contributed by atoms with Gasteiger partial charge in [-0.3, -0.25) is 14.9 Å². The predicted octanol–water partition coefficient (Wildman–Crippen LogP) is 2.41. The molecule has 2 rings (SSSR count). The van der Waals surface area contributed by atoms with Crippen LogP contribution in [0.5, 0.6) is 0 Å². The van der Waals surface area contributed by atoms with Gasteiger partial charge in [-0.1, -0.05) is 6.07 Å². The molecule has 1 aromatic carbocycles. The highest BCUT2D eigenvalue weighted by Crippen LogP contribution is 2.28. The Morgan fingerprint density at radius 2 is 2.29 bits per heavy atom. The Bertz CT molecular complexity index is 643. The molecule has 0 radical (unpaired) electrons. The molecule has 1 amide bonds. The van der Waals surface area contributed by atoms with Gasteiger partial charge in [0.2, 0.25) is 0 Å². The van der Waals surface area contributed by atoms with Crippen molar-refractivity contribution in [2.75, 3.05) is 11.9 Å². The van der Waals surface area contributed by atoms with E-state index in [4.69, 9.17) is 0 Å². The van der Waals surface area contributed by atoms with Crippen LogP contribution < -0.4 is 10.6 Å². The van der Waals surface area contributed by atoms with Gasteiger partial charge in [-0.2, -0.15) is 0 Å². The molecule has 1 heterocycles. The van der Waals surface area contributed by atoms with Crippen molar-refractivity contribution in [2.45, 2.75) is 13.5 Å². The lowest BCUT2D eigenvalue weighted by Crippen LogP contribution is -2.24. The van der Waals surface area contributed by atoms with Gasteiger partial charge in [-0.25, -0.2) is 4.98 Å². The lowest BCUT2D eigenvalue weighted by Gasteiger charge is -2.08. The van der Waals surface area contributed by atoms with E-state index in [1.165, 1.54) is 17.4 Å². The number of nitrogens with one attached hydrogen (secondary N) is 2. The van der Waals surface area contributed by atoms with Gasteiger partial charge in [0, 0.05) is 18.1 Å². The first kappa shape index (κ1) is 14.9. The highest BCUT2D eigenvalue weighted by molar-refractivity contribution is 7.09. The van der Waals surface area contributed by atoms with Gasteiger partial charge in [0.1, 0.15) is 16.3 Å². The molecule has 2 aromatic rings. The van der Waals surface area contributed by atoms with Gasteiger partial charge in [0.15, 0.2) is 0 Å². The Balaban J connectivity index is 2.23.